The zero-order valence-corrected chi connectivity index (χ0v) is 18.5. The van der Waals surface area contributed by atoms with Gasteiger partial charge < -0.3 is 15.4 Å². The summed E-state index contributed by atoms with van der Waals surface area (Å²) in [6.45, 7) is 9.73. The van der Waals surface area contributed by atoms with E-state index in [1.165, 1.54) is 6.07 Å². The molecule has 0 radical (unpaired) electrons. The quantitative estimate of drug-likeness (QED) is 0.345. The van der Waals surface area contributed by atoms with Crippen molar-refractivity contribution in [1.29, 1.82) is 0 Å². The maximum atomic E-state index is 13.8. The predicted molar refractivity (Wildman–Crippen MR) is 116 cm³/mol. The van der Waals surface area contributed by atoms with E-state index in [1.807, 2.05) is 6.92 Å². The lowest BCUT2D eigenvalue weighted by atomic mass is 10.1. The molecule has 1 atom stereocenters. The molecule has 1 saturated heterocycles. The van der Waals surface area contributed by atoms with E-state index in [0.29, 0.717) is 36.1 Å². The average molecular weight is 499 g/mol. The second-order valence-corrected chi connectivity index (χ2v) is 6.50. The Bertz CT molecular complexity index is 550. The molecule has 2 N–H and O–H groups in total. The number of morpholine rings is 1. The highest BCUT2D eigenvalue weighted by Crippen LogP contribution is 2.18. The van der Waals surface area contributed by atoms with Crippen LogP contribution in [0.15, 0.2) is 23.2 Å². The topological polar surface area (TPSA) is 48.9 Å². The van der Waals surface area contributed by atoms with E-state index in [2.05, 4.69) is 27.4 Å². The summed E-state index contributed by atoms with van der Waals surface area (Å²) in [5.74, 6) is 0.479. The molecule has 148 valence electrons. The molecular formula is C18H29ClFIN4O. The second-order valence-electron chi connectivity index (χ2n) is 6.09. The van der Waals surface area contributed by atoms with Crippen molar-refractivity contribution in [2.45, 2.75) is 26.3 Å². The Hall–Kier alpha value is -0.640. The smallest absolute Gasteiger partial charge is 0.191 e. The molecule has 1 unspecified atom stereocenters. The minimum atomic E-state index is -0.267. The van der Waals surface area contributed by atoms with E-state index < -0.39 is 0 Å². The van der Waals surface area contributed by atoms with Gasteiger partial charge in [0.15, 0.2) is 5.96 Å². The van der Waals surface area contributed by atoms with Gasteiger partial charge in [0.05, 0.1) is 19.8 Å². The van der Waals surface area contributed by atoms with Crippen LogP contribution in [0.5, 0.6) is 0 Å². The van der Waals surface area contributed by atoms with Crippen LogP contribution in [-0.4, -0.2) is 62.8 Å². The van der Waals surface area contributed by atoms with Crippen LogP contribution < -0.4 is 10.6 Å². The van der Waals surface area contributed by atoms with Crippen molar-refractivity contribution >= 4 is 41.5 Å². The fraction of sp³-hybridized carbons (Fsp3) is 0.611. The molecule has 2 rings (SSSR count). The van der Waals surface area contributed by atoms with E-state index in [9.17, 15) is 4.39 Å². The second kappa shape index (κ2) is 12.7. The van der Waals surface area contributed by atoms with Crippen molar-refractivity contribution in [3.63, 3.8) is 0 Å². The molecule has 1 aromatic carbocycles. The third-order valence-electron chi connectivity index (χ3n) is 4.26. The number of nitrogens with one attached hydrogen (secondary N) is 2. The van der Waals surface area contributed by atoms with Crippen molar-refractivity contribution in [1.82, 2.24) is 15.5 Å². The molecule has 1 aliphatic heterocycles. The van der Waals surface area contributed by atoms with E-state index in [-0.39, 0.29) is 29.8 Å². The van der Waals surface area contributed by atoms with E-state index in [4.69, 9.17) is 16.3 Å². The lowest BCUT2D eigenvalue weighted by Gasteiger charge is -2.31. The lowest BCUT2D eigenvalue weighted by Crippen LogP contribution is -2.44. The van der Waals surface area contributed by atoms with Crippen molar-refractivity contribution in [3.05, 3.63) is 34.6 Å². The summed E-state index contributed by atoms with van der Waals surface area (Å²) in [7, 11) is 0. The molecule has 0 amide bonds. The Balaban J connectivity index is 0.00000338. The third kappa shape index (κ3) is 7.54. The van der Waals surface area contributed by atoms with E-state index in [0.717, 1.165) is 38.8 Å². The molecule has 8 heteroatoms. The number of nitrogens with zero attached hydrogens (tertiary/aromatic N) is 2. The van der Waals surface area contributed by atoms with Crippen LogP contribution in [0.4, 0.5) is 4.39 Å². The number of aliphatic imine (C=N–C) groups is 1. The average Bonchev–Trinajstić information content (AvgIpc) is 2.62. The van der Waals surface area contributed by atoms with E-state index >= 15 is 0 Å². The Kier molecular flexibility index (Phi) is 11.4. The van der Waals surface area contributed by atoms with Crippen LogP contribution >= 0.6 is 35.6 Å². The van der Waals surface area contributed by atoms with Gasteiger partial charge in [0, 0.05) is 42.8 Å². The molecule has 1 heterocycles. The van der Waals surface area contributed by atoms with Crippen LogP contribution in [0.25, 0.3) is 0 Å². The summed E-state index contributed by atoms with van der Waals surface area (Å²) in [4.78, 5) is 7.03. The summed E-state index contributed by atoms with van der Waals surface area (Å²) < 4.78 is 19.2. The maximum absolute atomic E-state index is 13.8. The highest BCUT2D eigenvalue weighted by molar-refractivity contribution is 14.0. The molecule has 1 fully saturated rings. The van der Waals surface area contributed by atoms with Gasteiger partial charge in [-0.1, -0.05) is 17.7 Å². The third-order valence-corrected chi connectivity index (χ3v) is 4.61. The summed E-state index contributed by atoms with van der Waals surface area (Å²) >= 11 is 6.07. The van der Waals surface area contributed by atoms with Gasteiger partial charge >= 0.3 is 0 Å². The van der Waals surface area contributed by atoms with Crippen LogP contribution in [0.3, 0.4) is 0 Å². The van der Waals surface area contributed by atoms with Crippen molar-refractivity contribution < 1.29 is 9.13 Å². The van der Waals surface area contributed by atoms with Gasteiger partial charge in [-0.2, -0.15) is 0 Å². The van der Waals surface area contributed by atoms with Gasteiger partial charge in [0.1, 0.15) is 5.82 Å². The highest BCUT2D eigenvalue weighted by atomic mass is 127. The van der Waals surface area contributed by atoms with Gasteiger partial charge in [-0.3, -0.25) is 9.89 Å². The van der Waals surface area contributed by atoms with Crippen LogP contribution in [-0.2, 0) is 11.2 Å². The van der Waals surface area contributed by atoms with Gasteiger partial charge in [0.25, 0.3) is 0 Å². The van der Waals surface area contributed by atoms with Gasteiger partial charge in [-0.05, 0) is 32.4 Å². The number of rotatable bonds is 7. The van der Waals surface area contributed by atoms with Gasteiger partial charge in [-0.15, -0.1) is 24.0 Å². The number of ether oxygens (including phenoxy) is 1. The fourth-order valence-corrected chi connectivity index (χ4v) is 3.03. The molecule has 0 spiro atoms. The van der Waals surface area contributed by atoms with Crippen molar-refractivity contribution in [2.24, 2.45) is 4.99 Å². The monoisotopic (exact) mass is 498 g/mol. The summed E-state index contributed by atoms with van der Waals surface area (Å²) in [5, 5.41) is 6.94. The molecular weight excluding hydrogens is 470 g/mol. The zero-order chi connectivity index (χ0) is 18.1. The van der Waals surface area contributed by atoms with Crippen LogP contribution in [0, 0.1) is 5.82 Å². The summed E-state index contributed by atoms with van der Waals surface area (Å²) in [6, 6.07) is 5.13. The Labute approximate surface area is 177 Å². The first-order valence-electron chi connectivity index (χ1n) is 8.88. The number of benzene rings is 1. The molecule has 1 aromatic rings. The number of halogens is 3. The first-order valence-corrected chi connectivity index (χ1v) is 9.26. The molecule has 0 saturated carbocycles. The van der Waals surface area contributed by atoms with Crippen molar-refractivity contribution in [2.75, 3.05) is 45.9 Å². The minimum absolute atomic E-state index is 0. The Morgan fingerprint density at radius 1 is 1.35 bits per heavy atom. The van der Waals surface area contributed by atoms with E-state index in [1.54, 1.807) is 12.1 Å². The molecule has 0 aliphatic carbocycles. The number of hydrogen-bond donors (Lipinski definition) is 2. The number of guanidine groups is 1. The first-order chi connectivity index (χ1) is 12.1. The van der Waals surface area contributed by atoms with Crippen LogP contribution in [0.2, 0.25) is 5.02 Å². The summed E-state index contributed by atoms with van der Waals surface area (Å²) in [6.07, 6.45) is 0.509. The zero-order valence-electron chi connectivity index (χ0n) is 15.4. The lowest BCUT2D eigenvalue weighted by molar-refractivity contribution is 0.0220. The minimum Gasteiger partial charge on any atom is -0.379 e. The van der Waals surface area contributed by atoms with Crippen LogP contribution in [0.1, 0.15) is 19.4 Å². The van der Waals surface area contributed by atoms with Crippen molar-refractivity contribution in [3.8, 4) is 0 Å². The fourth-order valence-electron chi connectivity index (χ4n) is 2.78. The molecule has 0 aromatic heterocycles. The Morgan fingerprint density at radius 2 is 2.08 bits per heavy atom. The Morgan fingerprint density at radius 3 is 2.73 bits per heavy atom. The molecule has 1 aliphatic rings. The molecule has 26 heavy (non-hydrogen) atoms. The maximum Gasteiger partial charge on any atom is 0.191 e. The largest absolute Gasteiger partial charge is 0.379 e. The molecule has 5 nitrogen and oxygen atoms in total. The predicted octanol–water partition coefficient (Wildman–Crippen LogP) is 2.92. The highest BCUT2D eigenvalue weighted by Gasteiger charge is 2.16. The van der Waals surface area contributed by atoms with Gasteiger partial charge in [-0.25, -0.2) is 4.39 Å². The summed E-state index contributed by atoms with van der Waals surface area (Å²) in [5.41, 5.74) is 0.536. The normalized spacial score (nSPS) is 16.7. The SMILES string of the molecule is CCNC(=NCC(C)N1CCOCC1)NCCc1c(F)cccc1Cl.I. The number of hydrogen-bond acceptors (Lipinski definition) is 3. The molecule has 0 bridgehead atoms. The first kappa shape index (κ1) is 23.4. The van der Waals surface area contributed by atoms with Gasteiger partial charge in [0.2, 0.25) is 0 Å². The standard InChI is InChI=1S/C18H28ClFN4O.HI/c1-3-21-18(23-13-14(2)24-9-11-25-12-10-24)22-8-7-15-16(19)5-4-6-17(15)20;/h4-6,14H,3,7-13H2,1-2H3,(H2,21,22,23);1H.